The quantitative estimate of drug-likeness (QED) is 0.340. The lowest BCUT2D eigenvalue weighted by molar-refractivity contribution is 0.0731. The maximum Gasteiger partial charge on any atom is 0.341 e. The molecule has 5 heterocycles. The Morgan fingerprint density at radius 3 is 2.42 bits per heavy atom. The fourth-order valence-corrected chi connectivity index (χ4v) is 10.1. The maximum absolute atomic E-state index is 16.1. The summed E-state index contributed by atoms with van der Waals surface area (Å²) in [4.78, 5) is 49.3. The number of methoxy groups -OCH3 is 1. The van der Waals surface area contributed by atoms with E-state index in [0.717, 1.165) is 73.6 Å². The first-order valence-electron chi connectivity index (χ1n) is 18.3. The molecule has 1 aromatic heterocycles. The number of benzene rings is 2. The molecule has 1 N–H and O–H groups in total. The number of hydrogen-bond acceptors (Lipinski definition) is 10. The minimum atomic E-state index is -4.02. The van der Waals surface area contributed by atoms with Gasteiger partial charge in [0, 0.05) is 67.6 Å². The van der Waals surface area contributed by atoms with E-state index in [1.807, 2.05) is 17.9 Å². The zero-order valence-corrected chi connectivity index (χ0v) is 31.0. The van der Waals surface area contributed by atoms with Crippen LogP contribution in [-0.2, 0) is 27.7 Å². The molecule has 278 valence electrons. The van der Waals surface area contributed by atoms with Crippen LogP contribution in [0.4, 0.5) is 15.8 Å². The van der Waals surface area contributed by atoms with Crippen LogP contribution in [0, 0.1) is 12.7 Å². The van der Waals surface area contributed by atoms with E-state index in [1.54, 1.807) is 14.0 Å². The van der Waals surface area contributed by atoms with Crippen molar-refractivity contribution in [2.75, 3.05) is 56.7 Å². The van der Waals surface area contributed by atoms with Crippen molar-refractivity contribution >= 4 is 44.2 Å². The Hall–Kier alpha value is -4.01. The first-order chi connectivity index (χ1) is 24.8. The Kier molecular flexibility index (Phi) is 8.65. The number of halogens is 1. The highest BCUT2D eigenvalue weighted by Gasteiger charge is 2.51. The minimum absolute atomic E-state index is 0.00459. The largest absolute Gasteiger partial charge is 0.422 e. The third kappa shape index (κ3) is 5.77. The Morgan fingerprint density at radius 1 is 1.04 bits per heavy atom. The van der Waals surface area contributed by atoms with Gasteiger partial charge in [0.05, 0.1) is 40.8 Å². The number of anilines is 2. The van der Waals surface area contributed by atoms with Crippen molar-refractivity contribution in [2.45, 2.75) is 88.2 Å². The number of piperazine rings is 1. The molecule has 1 saturated carbocycles. The number of hydrogen-bond donors (Lipinski definition) is 1. The van der Waals surface area contributed by atoms with Crippen molar-refractivity contribution in [3.8, 4) is 0 Å². The normalized spacial score (nSPS) is 24.0. The average Bonchev–Trinajstić information content (AvgIpc) is 3.59. The van der Waals surface area contributed by atoms with Crippen LogP contribution in [-0.4, -0.2) is 99.8 Å². The number of nitrogens with zero attached hydrogens (tertiary/aromatic N) is 4. The van der Waals surface area contributed by atoms with Crippen molar-refractivity contribution in [3.05, 3.63) is 68.3 Å². The highest BCUT2D eigenvalue weighted by atomic mass is 32.2. The Labute approximate surface area is 302 Å². The van der Waals surface area contributed by atoms with Crippen molar-refractivity contribution in [2.24, 2.45) is 0 Å². The van der Waals surface area contributed by atoms with Crippen LogP contribution < -0.4 is 20.1 Å². The number of ether oxygens (including phenoxy) is 1. The molecule has 0 radical (unpaired) electrons. The van der Waals surface area contributed by atoms with Crippen LogP contribution >= 0.6 is 0 Å². The van der Waals surface area contributed by atoms with Gasteiger partial charge in [-0.05, 0) is 95.7 Å². The molecule has 3 aromatic rings. The molecule has 0 unspecified atom stereocenters. The molecule has 0 spiro atoms. The minimum Gasteiger partial charge on any atom is -0.422 e. The van der Waals surface area contributed by atoms with E-state index in [4.69, 9.17) is 9.15 Å². The zero-order chi connectivity index (χ0) is 36.7. The standard InChI is InChI=1S/C38H46FN5O7S/c1-22-31(42-16-15-41(3)26(19-42)21-50-4)10-9-28-27-11-14-43(20-29(27)37(47)51-34(22)28)36(46)23-17-30(39)33(35(45)40-52(48,49)38(2)12-13-38)32(18-23)44-24-5-6-25(44)8-7-24/h9-10,17-18,24-26H,5-8,11-16,19-21H2,1-4H3,(H,40,45)/t24?,25?,26-/m1/s1. The smallest absolute Gasteiger partial charge is 0.341 e. The first kappa shape index (κ1) is 35.0. The molecule has 2 amide bonds. The third-order valence-electron chi connectivity index (χ3n) is 12.4. The summed E-state index contributed by atoms with van der Waals surface area (Å²) in [6, 6.07) is 7.01. The Morgan fingerprint density at radius 2 is 1.75 bits per heavy atom. The molecular weight excluding hydrogens is 690 g/mol. The van der Waals surface area contributed by atoms with Crippen LogP contribution in [0.15, 0.2) is 33.5 Å². The van der Waals surface area contributed by atoms with Crippen LogP contribution in [0.2, 0.25) is 0 Å². The Balaban J connectivity index is 1.09. The molecule has 1 atom stereocenters. The second-order valence-electron chi connectivity index (χ2n) is 15.6. The number of likely N-dealkylation sites (N-methyl/N-ethyl adjacent to an activating group) is 1. The molecule has 12 nitrogen and oxygen atoms in total. The monoisotopic (exact) mass is 735 g/mol. The lowest BCUT2D eigenvalue weighted by Gasteiger charge is -2.41. The van der Waals surface area contributed by atoms with Gasteiger partial charge in [-0.1, -0.05) is 0 Å². The van der Waals surface area contributed by atoms with Gasteiger partial charge < -0.3 is 23.9 Å². The van der Waals surface area contributed by atoms with Crippen LogP contribution in [0.5, 0.6) is 0 Å². The molecule has 14 heteroatoms. The summed E-state index contributed by atoms with van der Waals surface area (Å²) in [7, 11) is -0.217. The number of rotatable bonds is 8. The van der Waals surface area contributed by atoms with Gasteiger partial charge in [0.1, 0.15) is 11.4 Å². The highest BCUT2D eigenvalue weighted by Crippen LogP contribution is 2.45. The molecule has 5 aliphatic rings. The van der Waals surface area contributed by atoms with Crippen molar-refractivity contribution in [1.29, 1.82) is 0 Å². The van der Waals surface area contributed by atoms with Crippen molar-refractivity contribution in [3.63, 3.8) is 0 Å². The second kappa shape index (κ2) is 12.8. The fourth-order valence-electron chi connectivity index (χ4n) is 8.88. The van der Waals surface area contributed by atoms with Gasteiger partial charge in [-0.2, -0.15) is 0 Å². The van der Waals surface area contributed by atoms with Crippen LogP contribution in [0.25, 0.3) is 11.0 Å². The number of nitrogens with one attached hydrogen (secondary N) is 1. The summed E-state index contributed by atoms with van der Waals surface area (Å²) in [5.74, 6) is -2.46. The third-order valence-corrected chi connectivity index (χ3v) is 14.5. The number of carbonyl (C=O) groups is 2. The van der Waals surface area contributed by atoms with Gasteiger partial charge in [-0.25, -0.2) is 22.3 Å². The van der Waals surface area contributed by atoms with Crippen molar-refractivity contribution in [1.82, 2.24) is 14.5 Å². The van der Waals surface area contributed by atoms with E-state index in [-0.39, 0.29) is 41.5 Å². The molecule has 2 bridgehead atoms. The first-order valence-corrected chi connectivity index (χ1v) is 19.8. The Bertz CT molecular complexity index is 2130. The van der Waals surface area contributed by atoms with Gasteiger partial charge in [-0.3, -0.25) is 14.5 Å². The average molecular weight is 736 g/mol. The number of carbonyl (C=O) groups excluding carboxylic acids is 2. The van der Waals surface area contributed by atoms with Crippen LogP contribution in [0.1, 0.15) is 82.9 Å². The van der Waals surface area contributed by atoms with Gasteiger partial charge in [0.2, 0.25) is 10.0 Å². The molecule has 3 saturated heterocycles. The van der Waals surface area contributed by atoms with Gasteiger partial charge >= 0.3 is 5.63 Å². The SMILES string of the molecule is COC[C@H]1CN(c2ccc3c4c(c(=O)oc3c2C)CN(C(=O)c2cc(F)c(C(=O)NS(=O)(=O)C3(C)CC3)c(N3C5CCC3CC5)c2)CC4)CCN1C. The molecule has 4 fully saturated rings. The summed E-state index contributed by atoms with van der Waals surface area (Å²) >= 11 is 0. The summed E-state index contributed by atoms with van der Waals surface area (Å²) < 4.78 is 54.5. The molecule has 2 aromatic carbocycles. The van der Waals surface area contributed by atoms with Crippen LogP contribution in [0.3, 0.4) is 0 Å². The van der Waals surface area contributed by atoms with Crippen molar-refractivity contribution < 1.29 is 31.6 Å². The topological polar surface area (TPSA) is 133 Å². The number of fused-ring (bicyclic) bond motifs is 5. The summed E-state index contributed by atoms with van der Waals surface area (Å²) in [6.07, 6.45) is 4.76. The van der Waals surface area contributed by atoms with E-state index in [2.05, 4.69) is 27.6 Å². The van der Waals surface area contributed by atoms with E-state index in [0.29, 0.717) is 43.6 Å². The van der Waals surface area contributed by atoms with E-state index in [9.17, 15) is 22.8 Å². The summed E-state index contributed by atoms with van der Waals surface area (Å²) in [6.45, 7) is 6.95. The zero-order valence-electron chi connectivity index (χ0n) is 30.2. The predicted octanol–water partition coefficient (Wildman–Crippen LogP) is 3.95. The molecule has 1 aliphatic carbocycles. The lowest BCUT2D eigenvalue weighted by Crippen LogP contribution is -2.53. The summed E-state index contributed by atoms with van der Waals surface area (Å²) in [5, 5.41) is 0.841. The molecule has 52 heavy (non-hydrogen) atoms. The summed E-state index contributed by atoms with van der Waals surface area (Å²) in [5.41, 5.74) is 3.10. The van der Waals surface area contributed by atoms with E-state index in [1.165, 1.54) is 11.0 Å². The highest BCUT2D eigenvalue weighted by molar-refractivity contribution is 7.91. The second-order valence-corrected chi connectivity index (χ2v) is 17.7. The number of aryl methyl sites for hydroxylation is 1. The van der Waals surface area contributed by atoms with Gasteiger partial charge in [-0.15, -0.1) is 0 Å². The molecular formula is C38H46FN5O7S. The number of amides is 2. The van der Waals surface area contributed by atoms with Gasteiger partial charge in [0.15, 0.2) is 0 Å². The lowest BCUT2D eigenvalue weighted by atomic mass is 9.95. The molecule has 8 rings (SSSR count). The fraction of sp³-hybridized carbons (Fsp3) is 0.553. The number of sulfonamides is 1. The van der Waals surface area contributed by atoms with E-state index >= 15 is 4.39 Å². The maximum atomic E-state index is 16.1. The van der Waals surface area contributed by atoms with E-state index < -0.39 is 38.0 Å². The van der Waals surface area contributed by atoms with Gasteiger partial charge in [0.25, 0.3) is 11.8 Å². The molecule has 4 aliphatic heterocycles. The predicted molar refractivity (Wildman–Crippen MR) is 195 cm³/mol.